The van der Waals surface area contributed by atoms with Crippen molar-refractivity contribution in [2.45, 2.75) is 0 Å². The van der Waals surface area contributed by atoms with E-state index >= 15 is 0 Å². The summed E-state index contributed by atoms with van der Waals surface area (Å²) in [6.45, 7) is 3.88. The van der Waals surface area contributed by atoms with Gasteiger partial charge in [0, 0.05) is 31.2 Å². The van der Waals surface area contributed by atoms with Gasteiger partial charge in [0.15, 0.2) is 0 Å². The molecule has 0 bridgehead atoms. The number of hydrogen-bond acceptors (Lipinski definition) is 3. The van der Waals surface area contributed by atoms with Gasteiger partial charge < -0.3 is 15.1 Å². The highest BCUT2D eigenvalue weighted by atomic mass is 35.5. The predicted molar refractivity (Wildman–Crippen MR) is 101 cm³/mol. The van der Waals surface area contributed by atoms with Crippen molar-refractivity contribution in [1.82, 2.24) is 4.90 Å². The van der Waals surface area contributed by atoms with Crippen LogP contribution in [0.5, 0.6) is 0 Å². The maximum absolute atomic E-state index is 12.6. The minimum Gasteiger partial charge on any atom is -0.367 e. The molecule has 0 radical (unpaired) electrons. The first kappa shape index (κ1) is 17.1. The Balaban J connectivity index is 1.81. The number of anilines is 2. The minimum absolute atomic E-state index is 0.238. The molecule has 1 aliphatic heterocycles. The Morgan fingerprint density at radius 3 is 2.46 bits per heavy atom. The molecular formula is C18H19Cl2N3O. The third-order valence-electron chi connectivity index (χ3n) is 4.17. The number of rotatable bonds is 3. The molecule has 6 heteroatoms. The summed E-state index contributed by atoms with van der Waals surface area (Å²) in [6, 6.07) is 12.7. The van der Waals surface area contributed by atoms with E-state index in [4.69, 9.17) is 23.2 Å². The summed E-state index contributed by atoms with van der Waals surface area (Å²) in [6.07, 6.45) is 0. The first-order chi connectivity index (χ1) is 11.5. The SMILES string of the molecule is CN1CCN(c2ccccc2NC(=O)c2ccc(Cl)cc2Cl)CC1. The maximum Gasteiger partial charge on any atom is 0.257 e. The van der Waals surface area contributed by atoms with E-state index in [0.717, 1.165) is 37.6 Å². The molecule has 0 saturated carbocycles. The molecule has 0 atom stereocenters. The molecule has 126 valence electrons. The van der Waals surface area contributed by atoms with Crippen LogP contribution in [0.3, 0.4) is 0 Å². The number of nitrogens with zero attached hydrogens (tertiary/aromatic N) is 2. The largest absolute Gasteiger partial charge is 0.367 e. The number of amides is 1. The van der Waals surface area contributed by atoms with Gasteiger partial charge in [-0.3, -0.25) is 4.79 Å². The molecular weight excluding hydrogens is 345 g/mol. The van der Waals surface area contributed by atoms with Gasteiger partial charge in [0.25, 0.3) is 5.91 Å². The zero-order chi connectivity index (χ0) is 17.1. The summed E-state index contributed by atoms with van der Waals surface area (Å²) < 4.78 is 0. The topological polar surface area (TPSA) is 35.6 Å². The highest BCUT2D eigenvalue weighted by molar-refractivity contribution is 6.37. The van der Waals surface area contributed by atoms with Crippen LogP contribution in [0.15, 0.2) is 42.5 Å². The number of carbonyl (C=O) groups excluding carboxylic acids is 1. The second-order valence-corrected chi connectivity index (χ2v) is 6.73. The molecule has 1 aliphatic rings. The van der Waals surface area contributed by atoms with Crippen molar-refractivity contribution in [3.63, 3.8) is 0 Å². The lowest BCUT2D eigenvalue weighted by Gasteiger charge is -2.35. The normalized spacial score (nSPS) is 15.4. The Morgan fingerprint density at radius 1 is 1.04 bits per heavy atom. The summed E-state index contributed by atoms with van der Waals surface area (Å²) in [4.78, 5) is 17.2. The van der Waals surface area contributed by atoms with Crippen molar-refractivity contribution in [2.24, 2.45) is 0 Å². The Hall–Kier alpha value is -1.75. The van der Waals surface area contributed by atoms with E-state index < -0.39 is 0 Å². The number of hydrogen-bond donors (Lipinski definition) is 1. The van der Waals surface area contributed by atoms with Gasteiger partial charge >= 0.3 is 0 Å². The van der Waals surface area contributed by atoms with Gasteiger partial charge in [0.1, 0.15) is 0 Å². The molecule has 4 nitrogen and oxygen atoms in total. The molecule has 1 saturated heterocycles. The molecule has 2 aromatic carbocycles. The lowest BCUT2D eigenvalue weighted by molar-refractivity contribution is 0.102. The van der Waals surface area contributed by atoms with Crippen LogP contribution in [0.1, 0.15) is 10.4 Å². The number of benzene rings is 2. The molecule has 3 rings (SSSR count). The fourth-order valence-corrected chi connectivity index (χ4v) is 3.26. The number of para-hydroxylation sites is 2. The molecule has 1 fully saturated rings. The van der Waals surface area contributed by atoms with Crippen LogP contribution in [-0.4, -0.2) is 44.0 Å². The zero-order valence-corrected chi connectivity index (χ0v) is 14.9. The lowest BCUT2D eigenvalue weighted by atomic mass is 10.1. The van der Waals surface area contributed by atoms with E-state index in [1.807, 2.05) is 24.3 Å². The van der Waals surface area contributed by atoms with Gasteiger partial charge in [-0.1, -0.05) is 35.3 Å². The van der Waals surface area contributed by atoms with Crippen molar-refractivity contribution < 1.29 is 4.79 Å². The Labute approximate surface area is 152 Å². The molecule has 1 heterocycles. The van der Waals surface area contributed by atoms with Gasteiger partial charge in [-0.2, -0.15) is 0 Å². The van der Waals surface area contributed by atoms with Crippen molar-refractivity contribution in [1.29, 1.82) is 0 Å². The quantitative estimate of drug-likeness (QED) is 0.894. The van der Waals surface area contributed by atoms with E-state index in [-0.39, 0.29) is 5.91 Å². The number of nitrogens with one attached hydrogen (secondary N) is 1. The molecule has 2 aromatic rings. The summed E-state index contributed by atoms with van der Waals surface area (Å²) in [5, 5.41) is 3.83. The molecule has 24 heavy (non-hydrogen) atoms. The third-order valence-corrected chi connectivity index (χ3v) is 4.72. The third kappa shape index (κ3) is 3.83. The van der Waals surface area contributed by atoms with Gasteiger partial charge in [0.2, 0.25) is 0 Å². The van der Waals surface area contributed by atoms with Crippen molar-refractivity contribution in [3.05, 3.63) is 58.1 Å². The average molecular weight is 364 g/mol. The molecule has 0 spiro atoms. The van der Waals surface area contributed by atoms with Crippen LogP contribution < -0.4 is 10.2 Å². The van der Waals surface area contributed by atoms with Crippen molar-refractivity contribution >= 4 is 40.5 Å². The zero-order valence-electron chi connectivity index (χ0n) is 13.4. The van der Waals surface area contributed by atoms with E-state index in [2.05, 4.69) is 22.2 Å². The van der Waals surface area contributed by atoms with Crippen LogP contribution in [-0.2, 0) is 0 Å². The number of piperazine rings is 1. The predicted octanol–water partition coefficient (Wildman–Crippen LogP) is 4.00. The van der Waals surface area contributed by atoms with Gasteiger partial charge in [-0.25, -0.2) is 0 Å². The van der Waals surface area contributed by atoms with Crippen LogP contribution in [0.2, 0.25) is 10.0 Å². The molecule has 0 aliphatic carbocycles. The lowest BCUT2D eigenvalue weighted by Crippen LogP contribution is -2.44. The fraction of sp³-hybridized carbons (Fsp3) is 0.278. The highest BCUT2D eigenvalue weighted by Gasteiger charge is 2.18. The number of halogens is 2. The summed E-state index contributed by atoms with van der Waals surface area (Å²) in [5.41, 5.74) is 2.23. The Morgan fingerprint density at radius 2 is 1.75 bits per heavy atom. The Bertz CT molecular complexity index is 743. The van der Waals surface area contributed by atoms with E-state index in [0.29, 0.717) is 15.6 Å². The second-order valence-electron chi connectivity index (χ2n) is 5.89. The maximum atomic E-state index is 12.6. The van der Waals surface area contributed by atoms with E-state index in [9.17, 15) is 4.79 Å². The van der Waals surface area contributed by atoms with E-state index in [1.54, 1.807) is 18.2 Å². The first-order valence-corrected chi connectivity index (χ1v) is 8.59. The molecule has 0 unspecified atom stereocenters. The van der Waals surface area contributed by atoms with Gasteiger partial charge in [0.05, 0.1) is 22.0 Å². The van der Waals surface area contributed by atoms with Crippen LogP contribution >= 0.6 is 23.2 Å². The van der Waals surface area contributed by atoms with Crippen LogP contribution in [0.4, 0.5) is 11.4 Å². The van der Waals surface area contributed by atoms with Gasteiger partial charge in [-0.15, -0.1) is 0 Å². The Kier molecular flexibility index (Phi) is 5.29. The van der Waals surface area contributed by atoms with E-state index in [1.165, 1.54) is 0 Å². The monoisotopic (exact) mass is 363 g/mol. The van der Waals surface area contributed by atoms with Crippen molar-refractivity contribution in [3.8, 4) is 0 Å². The highest BCUT2D eigenvalue weighted by Crippen LogP contribution is 2.28. The fourth-order valence-electron chi connectivity index (χ4n) is 2.77. The smallest absolute Gasteiger partial charge is 0.257 e. The van der Waals surface area contributed by atoms with Crippen LogP contribution in [0, 0.1) is 0 Å². The summed E-state index contributed by atoms with van der Waals surface area (Å²) in [7, 11) is 2.12. The molecule has 1 N–H and O–H groups in total. The molecule has 0 aromatic heterocycles. The first-order valence-electron chi connectivity index (χ1n) is 7.83. The second kappa shape index (κ2) is 7.43. The minimum atomic E-state index is -0.238. The summed E-state index contributed by atoms with van der Waals surface area (Å²) >= 11 is 12.0. The number of carbonyl (C=O) groups is 1. The van der Waals surface area contributed by atoms with Crippen molar-refractivity contribution in [2.75, 3.05) is 43.4 Å². The van der Waals surface area contributed by atoms with Gasteiger partial charge in [-0.05, 0) is 37.4 Å². The average Bonchev–Trinajstić information content (AvgIpc) is 2.56. The summed E-state index contributed by atoms with van der Waals surface area (Å²) in [5.74, 6) is -0.238. The number of likely N-dealkylation sites (N-methyl/N-ethyl adjacent to an activating group) is 1. The van der Waals surface area contributed by atoms with Crippen LogP contribution in [0.25, 0.3) is 0 Å². The molecule has 1 amide bonds. The standard InChI is InChI=1S/C18H19Cl2N3O/c1-22-8-10-23(11-9-22)17-5-3-2-4-16(17)21-18(24)14-7-6-13(19)12-15(14)20/h2-7,12H,8-11H2,1H3,(H,21,24).